The van der Waals surface area contributed by atoms with Crippen LogP contribution in [0.4, 0.5) is 37.7 Å². The first-order valence-electron chi connectivity index (χ1n) is 8.09. The van der Waals surface area contributed by atoms with E-state index in [1.807, 2.05) is 0 Å². The summed E-state index contributed by atoms with van der Waals surface area (Å²) in [7, 11) is 0. The molecular weight excluding hydrogens is 422 g/mol. The first kappa shape index (κ1) is 21.0. The lowest BCUT2D eigenvalue weighted by molar-refractivity contribution is -0.138. The lowest BCUT2D eigenvalue weighted by atomic mass is 10.1. The molecule has 2 amide bonds. The second-order valence-electron chi connectivity index (χ2n) is 6.13. The summed E-state index contributed by atoms with van der Waals surface area (Å²) in [5.41, 5.74) is -1.64. The molecule has 0 saturated heterocycles. The average molecular weight is 434 g/mol. The number of rotatable bonds is 3. The van der Waals surface area contributed by atoms with E-state index in [0.717, 1.165) is 48.2 Å². The van der Waals surface area contributed by atoms with Crippen molar-refractivity contribution in [3.05, 3.63) is 53.6 Å². The normalized spacial score (nSPS) is 16.8. The zero-order valence-electron chi connectivity index (χ0n) is 14.3. The maximum absolute atomic E-state index is 12.8. The third-order valence-electron chi connectivity index (χ3n) is 3.99. The fourth-order valence-corrected chi connectivity index (χ4v) is 3.67. The van der Waals surface area contributed by atoms with Gasteiger partial charge < -0.3 is 10.6 Å². The molecule has 0 aromatic heterocycles. The van der Waals surface area contributed by atoms with Gasteiger partial charge in [0.25, 0.3) is 0 Å². The lowest BCUT2D eigenvalue weighted by Gasteiger charge is -2.24. The first-order chi connectivity index (χ1) is 13.4. The Morgan fingerprint density at radius 2 is 1.55 bits per heavy atom. The van der Waals surface area contributed by atoms with Gasteiger partial charge in [0, 0.05) is 17.0 Å². The Balaban J connectivity index is 1.65. The Morgan fingerprint density at radius 3 is 2.14 bits per heavy atom. The van der Waals surface area contributed by atoms with Crippen molar-refractivity contribution < 1.29 is 35.9 Å². The van der Waals surface area contributed by atoms with Crippen molar-refractivity contribution in [3.63, 3.8) is 0 Å². The van der Waals surface area contributed by atoms with E-state index in [1.54, 1.807) is 0 Å². The van der Waals surface area contributed by atoms with E-state index in [4.69, 9.17) is 0 Å². The van der Waals surface area contributed by atoms with Crippen LogP contribution in [0, 0.1) is 0 Å². The van der Waals surface area contributed by atoms with Gasteiger partial charge >= 0.3 is 12.4 Å². The van der Waals surface area contributed by atoms with Gasteiger partial charge in [-0.15, -0.1) is 11.8 Å². The van der Waals surface area contributed by atoms with Gasteiger partial charge in [-0.1, -0.05) is 0 Å². The highest BCUT2D eigenvalue weighted by atomic mass is 32.2. The van der Waals surface area contributed by atoms with Crippen molar-refractivity contribution in [3.8, 4) is 0 Å². The molecule has 1 aliphatic rings. The van der Waals surface area contributed by atoms with Gasteiger partial charge in [0.05, 0.1) is 22.1 Å². The quantitative estimate of drug-likeness (QED) is 0.656. The van der Waals surface area contributed by atoms with Crippen LogP contribution in [-0.4, -0.2) is 17.1 Å². The van der Waals surface area contributed by atoms with Crippen LogP contribution in [-0.2, 0) is 21.9 Å². The number of hydrogen-bond acceptors (Lipinski definition) is 3. The van der Waals surface area contributed by atoms with Gasteiger partial charge in [-0.2, -0.15) is 26.3 Å². The van der Waals surface area contributed by atoms with E-state index in [0.29, 0.717) is 4.90 Å². The molecule has 4 nitrogen and oxygen atoms in total. The number of nitrogens with one attached hydrogen (secondary N) is 2. The Labute approximate surface area is 164 Å². The molecule has 0 saturated carbocycles. The van der Waals surface area contributed by atoms with E-state index < -0.39 is 40.5 Å². The van der Waals surface area contributed by atoms with Crippen LogP contribution in [0.3, 0.4) is 0 Å². The number of benzene rings is 2. The summed E-state index contributed by atoms with van der Waals surface area (Å²) in [6.45, 7) is 0. The minimum atomic E-state index is -4.55. The lowest BCUT2D eigenvalue weighted by Crippen LogP contribution is -2.32. The summed E-state index contributed by atoms with van der Waals surface area (Å²) in [4.78, 5) is 24.7. The molecular formula is C18H12F6N2O2S. The van der Waals surface area contributed by atoms with Gasteiger partial charge in [-0.3, -0.25) is 9.59 Å². The number of anilines is 2. The summed E-state index contributed by atoms with van der Waals surface area (Å²) in [5, 5.41) is 3.85. The molecule has 0 bridgehead atoms. The minimum Gasteiger partial charge on any atom is -0.326 e. The van der Waals surface area contributed by atoms with E-state index in [1.165, 1.54) is 6.07 Å². The molecule has 29 heavy (non-hydrogen) atoms. The van der Waals surface area contributed by atoms with Gasteiger partial charge in [0.1, 0.15) is 0 Å². The number of alkyl halides is 6. The van der Waals surface area contributed by atoms with Crippen molar-refractivity contribution in [1.82, 2.24) is 0 Å². The smallest absolute Gasteiger partial charge is 0.326 e. The number of halogens is 6. The van der Waals surface area contributed by atoms with Gasteiger partial charge in [-0.25, -0.2) is 0 Å². The Hall–Kier alpha value is -2.69. The molecule has 2 N–H and O–H groups in total. The molecule has 0 spiro atoms. The zero-order chi connectivity index (χ0) is 21.4. The monoisotopic (exact) mass is 434 g/mol. The van der Waals surface area contributed by atoms with E-state index in [9.17, 15) is 35.9 Å². The molecule has 0 radical (unpaired) electrons. The molecule has 11 heteroatoms. The highest BCUT2D eigenvalue weighted by Gasteiger charge is 2.34. The second-order valence-corrected chi connectivity index (χ2v) is 7.38. The largest absolute Gasteiger partial charge is 0.416 e. The van der Waals surface area contributed by atoms with E-state index in [-0.39, 0.29) is 17.8 Å². The fourth-order valence-electron chi connectivity index (χ4n) is 2.58. The third-order valence-corrected chi connectivity index (χ3v) is 5.27. The van der Waals surface area contributed by atoms with Crippen LogP contribution in [0.5, 0.6) is 0 Å². The highest BCUT2D eigenvalue weighted by molar-refractivity contribution is 8.01. The zero-order valence-corrected chi connectivity index (χ0v) is 15.1. The van der Waals surface area contributed by atoms with E-state index >= 15 is 0 Å². The number of carbonyl (C=O) groups is 2. The second kappa shape index (κ2) is 7.62. The maximum Gasteiger partial charge on any atom is 0.416 e. The summed E-state index contributed by atoms with van der Waals surface area (Å²) < 4.78 is 75.9. The van der Waals surface area contributed by atoms with Crippen molar-refractivity contribution in [2.24, 2.45) is 0 Å². The average Bonchev–Trinajstić information content (AvgIpc) is 2.60. The van der Waals surface area contributed by atoms with Gasteiger partial charge in [-0.05, 0) is 42.5 Å². The van der Waals surface area contributed by atoms with E-state index in [2.05, 4.69) is 10.6 Å². The molecule has 1 atom stereocenters. The number of thioether (sulfide) groups is 1. The minimum absolute atomic E-state index is 0.00854. The third kappa shape index (κ3) is 5.03. The Kier molecular flexibility index (Phi) is 5.52. The molecule has 2 aromatic carbocycles. The topological polar surface area (TPSA) is 58.2 Å². The summed E-state index contributed by atoms with van der Waals surface area (Å²) in [6.07, 6.45) is -9.36. The van der Waals surface area contributed by atoms with Gasteiger partial charge in [0.15, 0.2) is 0 Å². The number of amides is 2. The molecule has 0 aliphatic carbocycles. The van der Waals surface area contributed by atoms with Crippen LogP contribution in [0.2, 0.25) is 0 Å². The van der Waals surface area contributed by atoms with Crippen molar-refractivity contribution in [2.45, 2.75) is 28.9 Å². The van der Waals surface area contributed by atoms with Crippen LogP contribution in [0.15, 0.2) is 47.4 Å². The predicted octanol–water partition coefficient (Wildman–Crippen LogP) is 5.17. The summed E-state index contributed by atoms with van der Waals surface area (Å²) >= 11 is 0.940. The van der Waals surface area contributed by atoms with Crippen LogP contribution in [0.25, 0.3) is 0 Å². The molecule has 0 fully saturated rings. The molecule has 2 aromatic rings. The SMILES string of the molecule is O=C(C[C@@H]1Sc2ccc(C(F)(F)F)cc2NC1=O)Nc1ccc(C(F)(F)F)cc1. The van der Waals surface area contributed by atoms with Crippen LogP contribution >= 0.6 is 11.8 Å². The predicted molar refractivity (Wildman–Crippen MR) is 94.4 cm³/mol. The first-order valence-corrected chi connectivity index (χ1v) is 8.97. The van der Waals surface area contributed by atoms with Gasteiger partial charge in [0.2, 0.25) is 11.8 Å². The molecule has 1 aliphatic heterocycles. The summed E-state index contributed by atoms with van der Waals surface area (Å²) in [6, 6.07) is 6.70. The van der Waals surface area contributed by atoms with Crippen molar-refractivity contribution in [1.29, 1.82) is 0 Å². The standard InChI is InChI=1S/C18H12F6N2O2S/c19-17(20,21)9-1-4-11(5-2-9)25-15(27)8-14-16(28)26-12-7-10(18(22,23)24)3-6-13(12)29-14/h1-7,14H,8H2,(H,25,27)(H,26,28)/t14-/m0/s1. The van der Waals surface area contributed by atoms with Crippen LogP contribution in [0.1, 0.15) is 17.5 Å². The van der Waals surface area contributed by atoms with Crippen molar-refractivity contribution in [2.75, 3.05) is 10.6 Å². The Bertz CT molecular complexity index is 941. The molecule has 0 unspecified atom stereocenters. The Morgan fingerprint density at radius 1 is 0.966 bits per heavy atom. The number of hydrogen-bond donors (Lipinski definition) is 2. The fraction of sp³-hybridized carbons (Fsp3) is 0.222. The molecule has 154 valence electrons. The number of fused-ring (bicyclic) bond motifs is 1. The maximum atomic E-state index is 12.8. The summed E-state index contributed by atoms with van der Waals surface area (Å²) in [5.74, 6) is -1.25. The number of carbonyl (C=O) groups excluding carboxylic acids is 2. The van der Waals surface area contributed by atoms with Crippen molar-refractivity contribution >= 4 is 35.0 Å². The van der Waals surface area contributed by atoms with Crippen LogP contribution < -0.4 is 10.6 Å². The highest BCUT2D eigenvalue weighted by Crippen LogP contribution is 2.40. The molecule has 3 rings (SSSR count). The molecule has 1 heterocycles.